The summed E-state index contributed by atoms with van der Waals surface area (Å²) in [7, 11) is 0. The van der Waals surface area contributed by atoms with Crippen molar-refractivity contribution < 1.29 is 4.79 Å². The predicted octanol–water partition coefficient (Wildman–Crippen LogP) is 5.61. The summed E-state index contributed by atoms with van der Waals surface area (Å²) in [6.07, 6.45) is 3.80. The highest BCUT2D eigenvalue weighted by Gasteiger charge is 2.22. The number of pyridine rings is 2. The average molecular weight is 439 g/mol. The van der Waals surface area contributed by atoms with Gasteiger partial charge in [-0.15, -0.1) is 0 Å². The molecular formula is C23H20Cl2N4O. The van der Waals surface area contributed by atoms with Gasteiger partial charge in [0.25, 0.3) is 0 Å². The Morgan fingerprint density at radius 1 is 1.10 bits per heavy atom. The highest BCUT2D eigenvalue weighted by atomic mass is 35.5. The molecule has 0 radical (unpaired) electrons. The number of nitrogens with zero attached hydrogens (tertiary/aromatic N) is 4. The van der Waals surface area contributed by atoms with Crippen LogP contribution in [0.1, 0.15) is 18.2 Å². The molecule has 0 N–H and O–H groups in total. The van der Waals surface area contributed by atoms with Gasteiger partial charge in [-0.05, 0) is 55.8 Å². The largest absolute Gasteiger partial charge is 0.303 e. The van der Waals surface area contributed by atoms with E-state index in [1.807, 2.05) is 60.8 Å². The average Bonchev–Trinajstić information content (AvgIpc) is 3.08. The maximum absolute atomic E-state index is 13.3. The molecule has 3 aromatic heterocycles. The van der Waals surface area contributed by atoms with E-state index in [1.165, 1.54) is 0 Å². The summed E-state index contributed by atoms with van der Waals surface area (Å²) < 4.78 is 1.95. The maximum Gasteiger partial charge on any atom is 0.234 e. The molecule has 4 aromatic rings. The van der Waals surface area contributed by atoms with Gasteiger partial charge in [-0.2, -0.15) is 0 Å². The second-order valence-electron chi connectivity index (χ2n) is 6.97. The molecule has 0 fully saturated rings. The summed E-state index contributed by atoms with van der Waals surface area (Å²) in [5.41, 5.74) is 4.19. The second-order valence-corrected chi connectivity index (χ2v) is 7.79. The van der Waals surface area contributed by atoms with Crippen LogP contribution in [-0.4, -0.2) is 26.8 Å². The van der Waals surface area contributed by atoms with E-state index < -0.39 is 0 Å². The summed E-state index contributed by atoms with van der Waals surface area (Å²) in [6, 6.07) is 14.9. The molecular weight excluding hydrogens is 419 g/mol. The lowest BCUT2D eigenvalue weighted by molar-refractivity contribution is -0.118. The van der Waals surface area contributed by atoms with E-state index in [0.29, 0.717) is 28.1 Å². The summed E-state index contributed by atoms with van der Waals surface area (Å²) in [5, 5.41) is 0.924. The van der Waals surface area contributed by atoms with Crippen molar-refractivity contribution in [1.82, 2.24) is 14.4 Å². The van der Waals surface area contributed by atoms with Gasteiger partial charge >= 0.3 is 0 Å². The van der Waals surface area contributed by atoms with Crippen molar-refractivity contribution >= 4 is 40.6 Å². The van der Waals surface area contributed by atoms with Crippen LogP contribution >= 0.6 is 23.2 Å². The summed E-state index contributed by atoms with van der Waals surface area (Å²) >= 11 is 12.3. The number of imidazole rings is 1. The van der Waals surface area contributed by atoms with Crippen LogP contribution in [0, 0.1) is 6.92 Å². The summed E-state index contributed by atoms with van der Waals surface area (Å²) in [6.45, 7) is 4.47. The zero-order chi connectivity index (χ0) is 21.3. The number of benzene rings is 1. The Kier molecular flexibility index (Phi) is 5.75. The monoisotopic (exact) mass is 438 g/mol. The molecule has 0 unspecified atom stereocenters. The number of carbonyl (C=O) groups is 1. The number of fused-ring (bicyclic) bond motifs is 1. The van der Waals surface area contributed by atoms with Crippen LogP contribution in [0.4, 0.5) is 5.82 Å². The van der Waals surface area contributed by atoms with Crippen LogP contribution in [0.15, 0.2) is 60.9 Å². The molecule has 152 valence electrons. The van der Waals surface area contributed by atoms with Crippen molar-refractivity contribution in [2.24, 2.45) is 0 Å². The fraction of sp³-hybridized carbons (Fsp3) is 0.174. The zero-order valence-electron chi connectivity index (χ0n) is 16.6. The molecule has 0 aliphatic carbocycles. The van der Waals surface area contributed by atoms with Gasteiger partial charge in [-0.3, -0.25) is 9.69 Å². The Morgan fingerprint density at radius 2 is 1.93 bits per heavy atom. The molecule has 0 bridgehead atoms. The van der Waals surface area contributed by atoms with Crippen LogP contribution in [0.3, 0.4) is 0 Å². The molecule has 1 amide bonds. The topological polar surface area (TPSA) is 50.5 Å². The quantitative estimate of drug-likeness (QED) is 0.406. The fourth-order valence-electron chi connectivity index (χ4n) is 3.46. The third-order valence-electron chi connectivity index (χ3n) is 4.94. The van der Waals surface area contributed by atoms with Gasteiger partial charge in [0.15, 0.2) is 0 Å². The van der Waals surface area contributed by atoms with E-state index in [9.17, 15) is 4.79 Å². The first-order valence-electron chi connectivity index (χ1n) is 9.62. The zero-order valence-corrected chi connectivity index (χ0v) is 18.2. The van der Waals surface area contributed by atoms with Gasteiger partial charge < -0.3 is 4.40 Å². The van der Waals surface area contributed by atoms with Crippen LogP contribution in [0.25, 0.3) is 16.9 Å². The first-order valence-corrected chi connectivity index (χ1v) is 10.4. The van der Waals surface area contributed by atoms with Crippen molar-refractivity contribution in [2.75, 3.05) is 11.4 Å². The van der Waals surface area contributed by atoms with E-state index in [2.05, 4.69) is 4.98 Å². The number of hydrogen-bond donors (Lipinski definition) is 0. The number of anilines is 1. The third kappa shape index (κ3) is 3.91. The Labute approximate surface area is 184 Å². The minimum atomic E-state index is -0.0557. The Morgan fingerprint density at radius 3 is 2.63 bits per heavy atom. The Bertz CT molecular complexity index is 1220. The Hall–Kier alpha value is -2.89. The van der Waals surface area contributed by atoms with Crippen molar-refractivity contribution in [3.05, 3.63) is 82.2 Å². The molecule has 4 rings (SSSR count). The molecule has 0 aliphatic heterocycles. The van der Waals surface area contributed by atoms with Crippen LogP contribution in [0.2, 0.25) is 10.0 Å². The number of rotatable bonds is 5. The third-order valence-corrected chi connectivity index (χ3v) is 5.67. The van der Waals surface area contributed by atoms with Crippen molar-refractivity contribution in [2.45, 2.75) is 20.3 Å². The molecule has 0 aliphatic rings. The standard InChI is InChI=1S/C23H20Cl2N4O/c1-3-28(20-6-4-5-10-26-20)22(30)14-19-23(16-7-8-17(24)18(25)13-16)27-21-12-15(2)9-11-29(19)21/h4-13H,3,14H2,1-2H3. The lowest BCUT2D eigenvalue weighted by atomic mass is 10.1. The lowest BCUT2D eigenvalue weighted by Crippen LogP contribution is -2.33. The molecule has 0 saturated carbocycles. The highest BCUT2D eigenvalue weighted by Crippen LogP contribution is 2.31. The van der Waals surface area contributed by atoms with E-state index in [1.54, 1.807) is 23.2 Å². The number of carbonyl (C=O) groups excluding carboxylic acids is 1. The molecule has 1 aromatic carbocycles. The Balaban J connectivity index is 1.80. The van der Waals surface area contributed by atoms with Gasteiger partial charge in [0, 0.05) is 24.5 Å². The number of hydrogen-bond acceptors (Lipinski definition) is 3. The molecule has 30 heavy (non-hydrogen) atoms. The van der Waals surface area contributed by atoms with Crippen molar-refractivity contribution in [3.8, 4) is 11.3 Å². The number of aryl methyl sites for hydroxylation is 1. The van der Waals surface area contributed by atoms with Gasteiger partial charge in [-0.1, -0.05) is 35.3 Å². The summed E-state index contributed by atoms with van der Waals surface area (Å²) in [4.78, 5) is 24.1. The van der Waals surface area contributed by atoms with E-state index >= 15 is 0 Å². The van der Waals surface area contributed by atoms with Crippen molar-refractivity contribution in [1.29, 1.82) is 0 Å². The smallest absolute Gasteiger partial charge is 0.234 e. The van der Waals surface area contributed by atoms with E-state index in [4.69, 9.17) is 28.2 Å². The first kappa shape index (κ1) is 20.4. The van der Waals surface area contributed by atoms with E-state index in [0.717, 1.165) is 22.5 Å². The molecule has 0 atom stereocenters. The minimum absolute atomic E-state index is 0.0557. The van der Waals surface area contributed by atoms with Crippen LogP contribution in [-0.2, 0) is 11.2 Å². The normalized spacial score (nSPS) is 11.1. The van der Waals surface area contributed by atoms with Gasteiger partial charge in [0.2, 0.25) is 5.91 Å². The fourth-order valence-corrected chi connectivity index (χ4v) is 3.76. The molecule has 5 nitrogen and oxygen atoms in total. The van der Waals surface area contributed by atoms with Crippen LogP contribution in [0.5, 0.6) is 0 Å². The number of aromatic nitrogens is 3. The molecule has 3 heterocycles. The van der Waals surface area contributed by atoms with Gasteiger partial charge in [0.05, 0.1) is 27.9 Å². The van der Waals surface area contributed by atoms with Crippen LogP contribution < -0.4 is 4.90 Å². The molecule has 7 heteroatoms. The van der Waals surface area contributed by atoms with E-state index in [-0.39, 0.29) is 12.3 Å². The molecule has 0 saturated heterocycles. The summed E-state index contributed by atoms with van der Waals surface area (Å²) in [5.74, 6) is 0.575. The molecule has 0 spiro atoms. The van der Waals surface area contributed by atoms with Gasteiger partial charge in [0.1, 0.15) is 11.5 Å². The number of amides is 1. The maximum atomic E-state index is 13.3. The van der Waals surface area contributed by atoms with Gasteiger partial charge in [-0.25, -0.2) is 9.97 Å². The first-order chi connectivity index (χ1) is 14.5. The number of likely N-dealkylation sites (N-methyl/N-ethyl adjacent to an activating group) is 1. The lowest BCUT2D eigenvalue weighted by Gasteiger charge is -2.20. The minimum Gasteiger partial charge on any atom is -0.303 e. The SMILES string of the molecule is CCN(C(=O)Cc1c(-c2ccc(Cl)c(Cl)c2)nc2cc(C)ccn12)c1ccccn1. The second kappa shape index (κ2) is 8.46. The number of halogens is 2. The predicted molar refractivity (Wildman–Crippen MR) is 121 cm³/mol. The highest BCUT2D eigenvalue weighted by molar-refractivity contribution is 6.42. The van der Waals surface area contributed by atoms with Crippen molar-refractivity contribution in [3.63, 3.8) is 0 Å².